The second kappa shape index (κ2) is 7.28. The quantitative estimate of drug-likeness (QED) is 0.759. The Labute approximate surface area is 130 Å². The molecule has 0 fully saturated rings. The number of urea groups is 1. The molecule has 0 spiro atoms. The highest BCUT2D eigenvalue weighted by atomic mass is 32.2. The van der Waals surface area contributed by atoms with Crippen LogP contribution in [0.1, 0.15) is 6.42 Å². The van der Waals surface area contributed by atoms with Crippen LogP contribution in [0.2, 0.25) is 0 Å². The van der Waals surface area contributed by atoms with E-state index in [9.17, 15) is 9.59 Å². The van der Waals surface area contributed by atoms with Crippen LogP contribution >= 0.6 is 23.1 Å². The predicted molar refractivity (Wildman–Crippen MR) is 86.2 cm³/mol. The molecule has 0 saturated heterocycles. The number of hydrogen-bond donors (Lipinski definition) is 3. The molecular weight excluding hydrogens is 310 g/mol. The van der Waals surface area contributed by atoms with Crippen molar-refractivity contribution < 1.29 is 14.7 Å². The Hall–Kier alpha value is -1.80. The molecule has 0 aliphatic carbocycles. The van der Waals surface area contributed by atoms with Crippen LogP contribution in [0.5, 0.6) is 0 Å². The van der Waals surface area contributed by atoms with Gasteiger partial charge in [-0.3, -0.25) is 5.32 Å². The number of amides is 2. The summed E-state index contributed by atoms with van der Waals surface area (Å²) in [5.74, 6) is -0.373. The largest absolute Gasteiger partial charge is 0.480 e. The van der Waals surface area contributed by atoms with Gasteiger partial charge in [0.05, 0.1) is 10.2 Å². The molecule has 8 heteroatoms. The van der Waals surface area contributed by atoms with Crippen LogP contribution in [0.3, 0.4) is 0 Å². The van der Waals surface area contributed by atoms with E-state index in [-0.39, 0.29) is 0 Å². The number of thiazole rings is 1. The van der Waals surface area contributed by atoms with Gasteiger partial charge in [-0.15, -0.1) is 0 Å². The van der Waals surface area contributed by atoms with Crippen LogP contribution < -0.4 is 10.6 Å². The molecule has 0 aliphatic rings. The molecule has 0 radical (unpaired) electrons. The summed E-state index contributed by atoms with van der Waals surface area (Å²) >= 11 is 2.88. The number of carboxylic acid groups (broad SMARTS) is 1. The van der Waals surface area contributed by atoms with Crippen LogP contribution in [0.15, 0.2) is 24.3 Å². The molecule has 112 valence electrons. The molecule has 21 heavy (non-hydrogen) atoms. The summed E-state index contributed by atoms with van der Waals surface area (Å²) in [6.45, 7) is 0. The van der Waals surface area contributed by atoms with Crippen molar-refractivity contribution in [3.05, 3.63) is 24.3 Å². The first-order valence-electron chi connectivity index (χ1n) is 6.25. The number of fused-ring (bicyclic) bond motifs is 1. The first-order chi connectivity index (χ1) is 10.1. The fraction of sp³-hybridized carbons (Fsp3) is 0.308. The van der Waals surface area contributed by atoms with E-state index in [4.69, 9.17) is 5.11 Å². The van der Waals surface area contributed by atoms with E-state index < -0.39 is 18.0 Å². The lowest BCUT2D eigenvalue weighted by atomic mass is 10.2. The van der Waals surface area contributed by atoms with E-state index in [0.29, 0.717) is 17.3 Å². The number of carbonyl (C=O) groups is 2. The van der Waals surface area contributed by atoms with Crippen molar-refractivity contribution in [2.75, 3.05) is 17.3 Å². The lowest BCUT2D eigenvalue weighted by Crippen LogP contribution is -2.43. The Morgan fingerprint density at radius 2 is 2.19 bits per heavy atom. The lowest BCUT2D eigenvalue weighted by Gasteiger charge is -2.13. The molecule has 2 rings (SSSR count). The molecule has 0 aliphatic heterocycles. The van der Waals surface area contributed by atoms with Crippen molar-refractivity contribution in [1.82, 2.24) is 10.3 Å². The van der Waals surface area contributed by atoms with Crippen LogP contribution in [0.4, 0.5) is 9.93 Å². The van der Waals surface area contributed by atoms with Crippen LogP contribution in [0.25, 0.3) is 10.2 Å². The molecule has 2 amide bonds. The average Bonchev–Trinajstić information content (AvgIpc) is 2.85. The van der Waals surface area contributed by atoms with E-state index in [0.717, 1.165) is 10.2 Å². The number of benzene rings is 1. The third kappa shape index (κ3) is 4.33. The Kier molecular flexibility index (Phi) is 5.40. The van der Waals surface area contributed by atoms with E-state index in [1.54, 1.807) is 0 Å². The smallest absolute Gasteiger partial charge is 0.326 e. The summed E-state index contributed by atoms with van der Waals surface area (Å²) in [6, 6.07) is 6.08. The number of carbonyl (C=O) groups excluding carboxylic acids is 1. The summed E-state index contributed by atoms with van der Waals surface area (Å²) in [7, 11) is 0. The number of carboxylic acids is 1. The summed E-state index contributed by atoms with van der Waals surface area (Å²) < 4.78 is 0.963. The van der Waals surface area contributed by atoms with Gasteiger partial charge in [0.1, 0.15) is 6.04 Å². The lowest BCUT2D eigenvalue weighted by molar-refractivity contribution is -0.139. The zero-order chi connectivity index (χ0) is 15.2. The van der Waals surface area contributed by atoms with Gasteiger partial charge in [-0.1, -0.05) is 23.5 Å². The SMILES string of the molecule is CSCCC(NC(=O)Nc1nc2ccccc2s1)C(=O)O. The molecule has 1 unspecified atom stereocenters. The maximum atomic E-state index is 11.8. The third-order valence-corrected chi connectivity index (χ3v) is 4.32. The second-order valence-electron chi connectivity index (χ2n) is 4.26. The van der Waals surface area contributed by atoms with Crippen molar-refractivity contribution in [2.24, 2.45) is 0 Å². The molecule has 2 aromatic rings. The fourth-order valence-electron chi connectivity index (χ4n) is 1.71. The van der Waals surface area contributed by atoms with Gasteiger partial charge in [0.25, 0.3) is 0 Å². The van der Waals surface area contributed by atoms with Gasteiger partial charge in [-0.2, -0.15) is 11.8 Å². The number of para-hydroxylation sites is 1. The highest BCUT2D eigenvalue weighted by Crippen LogP contribution is 2.25. The zero-order valence-corrected chi connectivity index (χ0v) is 13.0. The summed E-state index contributed by atoms with van der Waals surface area (Å²) in [4.78, 5) is 27.2. The number of nitrogens with one attached hydrogen (secondary N) is 2. The number of hydrogen-bond acceptors (Lipinski definition) is 5. The van der Waals surface area contributed by atoms with Crippen LogP contribution in [-0.4, -0.2) is 40.1 Å². The Bertz CT molecular complexity index is 611. The maximum Gasteiger partial charge on any atom is 0.326 e. The molecule has 6 nitrogen and oxygen atoms in total. The van der Waals surface area contributed by atoms with Gasteiger partial charge in [0, 0.05) is 0 Å². The Morgan fingerprint density at radius 3 is 2.86 bits per heavy atom. The minimum Gasteiger partial charge on any atom is -0.480 e. The normalized spacial score (nSPS) is 12.0. The first kappa shape index (κ1) is 15.6. The summed E-state index contributed by atoms with van der Waals surface area (Å²) in [5.41, 5.74) is 0.801. The van der Waals surface area contributed by atoms with E-state index in [2.05, 4.69) is 15.6 Å². The standard InChI is InChI=1S/C13H15N3O3S2/c1-20-7-6-9(11(17)18)14-12(19)16-13-15-8-4-2-3-5-10(8)21-13/h2-5,9H,6-7H2,1H3,(H,17,18)(H2,14,15,16,19). The molecule has 1 aromatic carbocycles. The number of aliphatic carboxylic acids is 1. The van der Waals surface area contributed by atoms with Crippen molar-refractivity contribution in [3.8, 4) is 0 Å². The van der Waals surface area contributed by atoms with Crippen molar-refractivity contribution in [1.29, 1.82) is 0 Å². The third-order valence-electron chi connectivity index (χ3n) is 2.73. The molecule has 1 heterocycles. The minimum absolute atomic E-state index is 0.379. The monoisotopic (exact) mass is 325 g/mol. The topological polar surface area (TPSA) is 91.3 Å². The van der Waals surface area contributed by atoms with Crippen LogP contribution in [0, 0.1) is 0 Å². The highest BCUT2D eigenvalue weighted by Gasteiger charge is 2.19. The number of thioether (sulfide) groups is 1. The van der Waals surface area contributed by atoms with Gasteiger partial charge in [-0.25, -0.2) is 14.6 Å². The number of anilines is 1. The van der Waals surface area contributed by atoms with E-state index >= 15 is 0 Å². The summed E-state index contributed by atoms with van der Waals surface area (Å²) in [5, 5.41) is 14.5. The second-order valence-corrected chi connectivity index (χ2v) is 6.27. The fourth-order valence-corrected chi connectivity index (χ4v) is 3.04. The van der Waals surface area contributed by atoms with Gasteiger partial charge in [0.2, 0.25) is 0 Å². The number of nitrogens with zero attached hydrogens (tertiary/aromatic N) is 1. The van der Waals surface area contributed by atoms with Gasteiger partial charge < -0.3 is 10.4 Å². The van der Waals surface area contributed by atoms with Crippen molar-refractivity contribution >= 4 is 50.4 Å². The molecule has 0 saturated carbocycles. The van der Waals surface area contributed by atoms with E-state index in [1.165, 1.54) is 23.1 Å². The van der Waals surface area contributed by atoms with Crippen LogP contribution in [-0.2, 0) is 4.79 Å². The first-order valence-corrected chi connectivity index (χ1v) is 8.46. The maximum absolute atomic E-state index is 11.8. The van der Waals surface area contributed by atoms with Gasteiger partial charge in [-0.05, 0) is 30.6 Å². The summed E-state index contributed by atoms with van der Waals surface area (Å²) in [6.07, 6.45) is 2.27. The number of aromatic nitrogens is 1. The Balaban J connectivity index is 1.98. The highest BCUT2D eigenvalue weighted by molar-refractivity contribution is 7.98. The molecule has 1 atom stereocenters. The van der Waals surface area contributed by atoms with Gasteiger partial charge in [0.15, 0.2) is 5.13 Å². The molecular formula is C13H15N3O3S2. The predicted octanol–water partition coefficient (Wildman–Crippen LogP) is 2.62. The van der Waals surface area contributed by atoms with Crippen molar-refractivity contribution in [3.63, 3.8) is 0 Å². The Morgan fingerprint density at radius 1 is 1.43 bits per heavy atom. The molecule has 3 N–H and O–H groups in total. The van der Waals surface area contributed by atoms with E-state index in [1.807, 2.05) is 30.5 Å². The average molecular weight is 325 g/mol. The number of rotatable bonds is 6. The zero-order valence-electron chi connectivity index (χ0n) is 11.3. The molecule has 0 bridgehead atoms. The minimum atomic E-state index is -1.04. The van der Waals surface area contributed by atoms with Crippen molar-refractivity contribution in [2.45, 2.75) is 12.5 Å². The molecule has 1 aromatic heterocycles. The van der Waals surface area contributed by atoms with Gasteiger partial charge >= 0.3 is 12.0 Å².